The summed E-state index contributed by atoms with van der Waals surface area (Å²) in [5.41, 5.74) is 1.56. The fourth-order valence-corrected chi connectivity index (χ4v) is 2.84. The fraction of sp³-hybridized carbons (Fsp3) is 0.571. The molecule has 0 atom stereocenters. The third-order valence-corrected chi connectivity index (χ3v) is 4.54. The van der Waals surface area contributed by atoms with Gasteiger partial charge in [-0.05, 0) is 19.8 Å². The van der Waals surface area contributed by atoms with Crippen LogP contribution >= 0.6 is 0 Å². The van der Waals surface area contributed by atoms with Crippen molar-refractivity contribution in [3.05, 3.63) is 33.3 Å². The Morgan fingerprint density at radius 2 is 2.05 bits per heavy atom. The van der Waals surface area contributed by atoms with Crippen LogP contribution in [0.5, 0.6) is 0 Å². The van der Waals surface area contributed by atoms with Crippen molar-refractivity contribution in [3.8, 4) is 0 Å². The summed E-state index contributed by atoms with van der Waals surface area (Å²) in [6.07, 6.45) is 3.49. The van der Waals surface area contributed by atoms with Crippen LogP contribution in [0.4, 0.5) is 6.01 Å². The highest BCUT2D eigenvalue weighted by Crippen LogP contribution is 2.36. The number of hydrogen-bond donors (Lipinski definition) is 0. The molecule has 0 spiro atoms. The predicted octanol–water partition coefficient (Wildman–Crippen LogP) is 1.26. The fourth-order valence-electron chi connectivity index (χ4n) is 2.84. The molecule has 0 unspecified atom stereocenters. The predicted molar refractivity (Wildman–Crippen MR) is 75.0 cm³/mol. The second-order valence-electron chi connectivity index (χ2n) is 5.86. The molecule has 7 nitrogen and oxygen atoms in total. The molecule has 0 saturated heterocycles. The van der Waals surface area contributed by atoms with Crippen molar-refractivity contribution in [3.63, 3.8) is 0 Å². The Kier molecular flexibility index (Phi) is 2.63. The maximum absolute atomic E-state index is 12.3. The quantitative estimate of drug-likeness (QED) is 0.827. The molecule has 1 saturated carbocycles. The first-order valence-electron chi connectivity index (χ1n) is 7.27. The van der Waals surface area contributed by atoms with E-state index in [1.165, 1.54) is 6.42 Å². The maximum atomic E-state index is 12.3. The zero-order valence-electron chi connectivity index (χ0n) is 12.2. The van der Waals surface area contributed by atoms with Gasteiger partial charge in [-0.15, -0.1) is 5.10 Å². The first kappa shape index (κ1) is 12.6. The summed E-state index contributed by atoms with van der Waals surface area (Å²) in [5, 5.41) is 8.27. The Labute approximate surface area is 121 Å². The minimum atomic E-state index is 0.0127. The van der Waals surface area contributed by atoms with Crippen LogP contribution in [0.25, 0.3) is 0 Å². The molecule has 0 N–H and O–H groups in total. The molecule has 0 aromatic carbocycles. The van der Waals surface area contributed by atoms with E-state index in [1.807, 2.05) is 11.8 Å². The summed E-state index contributed by atoms with van der Waals surface area (Å²) >= 11 is 0. The van der Waals surface area contributed by atoms with E-state index in [9.17, 15) is 4.79 Å². The summed E-state index contributed by atoms with van der Waals surface area (Å²) in [6, 6.07) is 0.495. The molecule has 2 aromatic heterocycles. The smallest absolute Gasteiger partial charge is 0.318 e. The second kappa shape index (κ2) is 4.41. The summed E-state index contributed by atoms with van der Waals surface area (Å²) < 4.78 is 7.35. The third-order valence-electron chi connectivity index (χ3n) is 4.54. The molecule has 0 bridgehead atoms. The Balaban J connectivity index is 1.63. The van der Waals surface area contributed by atoms with Crippen molar-refractivity contribution in [1.82, 2.24) is 19.7 Å². The van der Waals surface area contributed by atoms with Gasteiger partial charge in [0, 0.05) is 13.0 Å². The van der Waals surface area contributed by atoms with Gasteiger partial charge in [0.15, 0.2) is 0 Å². The Bertz CT molecular complexity index is 759. The summed E-state index contributed by atoms with van der Waals surface area (Å²) in [7, 11) is 1.75. The maximum Gasteiger partial charge on any atom is 0.318 e. The highest BCUT2D eigenvalue weighted by atomic mass is 16.4. The minimum absolute atomic E-state index is 0.0127. The lowest BCUT2D eigenvalue weighted by Crippen LogP contribution is -2.25. The van der Waals surface area contributed by atoms with Gasteiger partial charge in [-0.2, -0.15) is 0 Å². The van der Waals surface area contributed by atoms with Crippen molar-refractivity contribution < 1.29 is 4.42 Å². The zero-order chi connectivity index (χ0) is 14.6. The third kappa shape index (κ3) is 1.87. The minimum Gasteiger partial charge on any atom is -0.408 e. The van der Waals surface area contributed by atoms with E-state index in [0.717, 1.165) is 35.8 Å². The van der Waals surface area contributed by atoms with Gasteiger partial charge >= 0.3 is 6.01 Å². The van der Waals surface area contributed by atoms with Gasteiger partial charge in [0.25, 0.3) is 5.56 Å². The lowest BCUT2D eigenvalue weighted by Gasteiger charge is -2.21. The molecule has 2 aliphatic rings. The molecule has 21 heavy (non-hydrogen) atoms. The average molecular weight is 287 g/mol. The molecule has 4 rings (SSSR count). The summed E-state index contributed by atoms with van der Waals surface area (Å²) in [6.45, 7) is 2.88. The van der Waals surface area contributed by atoms with Crippen molar-refractivity contribution in [2.75, 3.05) is 4.90 Å². The molecule has 0 radical (unpaired) electrons. The molecule has 1 aliphatic carbocycles. The van der Waals surface area contributed by atoms with E-state index in [2.05, 4.69) is 15.2 Å². The van der Waals surface area contributed by atoms with Gasteiger partial charge in [0.1, 0.15) is 5.82 Å². The lowest BCUT2D eigenvalue weighted by molar-refractivity contribution is 0.335. The molecule has 1 aliphatic heterocycles. The van der Waals surface area contributed by atoms with Crippen molar-refractivity contribution in [2.45, 2.75) is 45.2 Å². The second-order valence-corrected chi connectivity index (χ2v) is 5.86. The van der Waals surface area contributed by atoms with Gasteiger partial charge in [0.05, 0.1) is 24.3 Å². The molecule has 110 valence electrons. The number of rotatable bonds is 2. The van der Waals surface area contributed by atoms with Gasteiger partial charge in [-0.3, -0.25) is 9.36 Å². The van der Waals surface area contributed by atoms with Crippen LogP contribution in [0, 0.1) is 6.92 Å². The van der Waals surface area contributed by atoms with E-state index in [1.54, 1.807) is 11.6 Å². The number of nitrogens with zero attached hydrogens (tertiary/aromatic N) is 5. The Hall–Kier alpha value is -2.18. The number of aryl methyl sites for hydroxylation is 1. The molecule has 3 heterocycles. The van der Waals surface area contributed by atoms with Crippen LogP contribution in [0.3, 0.4) is 0 Å². The normalized spacial score (nSPS) is 17.9. The van der Waals surface area contributed by atoms with Gasteiger partial charge in [-0.25, -0.2) is 4.98 Å². The zero-order valence-corrected chi connectivity index (χ0v) is 12.2. The van der Waals surface area contributed by atoms with Crippen LogP contribution in [0.1, 0.15) is 48.2 Å². The van der Waals surface area contributed by atoms with Crippen LogP contribution < -0.4 is 10.5 Å². The van der Waals surface area contributed by atoms with Crippen LogP contribution in [-0.2, 0) is 20.1 Å². The molecular formula is C14H17N5O2. The molecule has 0 amide bonds. The van der Waals surface area contributed by atoms with Crippen LogP contribution in [-0.4, -0.2) is 19.7 Å². The number of fused-ring (bicyclic) bond motifs is 1. The van der Waals surface area contributed by atoms with E-state index < -0.39 is 0 Å². The van der Waals surface area contributed by atoms with E-state index in [-0.39, 0.29) is 5.56 Å². The standard InChI is InChI=1S/C14H17N5O2/c1-8-15-11-7-19(6-10(11)13(20)18(8)2)14-17-16-12(21-14)9-4-3-5-9/h9H,3-7H2,1-2H3. The van der Waals surface area contributed by atoms with Crippen molar-refractivity contribution in [2.24, 2.45) is 7.05 Å². The first-order chi connectivity index (χ1) is 10.1. The van der Waals surface area contributed by atoms with E-state index in [4.69, 9.17) is 4.42 Å². The highest BCUT2D eigenvalue weighted by Gasteiger charge is 2.30. The molecule has 1 fully saturated rings. The molecule has 7 heteroatoms. The topological polar surface area (TPSA) is 77.1 Å². The van der Waals surface area contributed by atoms with E-state index in [0.29, 0.717) is 25.0 Å². The van der Waals surface area contributed by atoms with Gasteiger partial charge < -0.3 is 9.32 Å². The van der Waals surface area contributed by atoms with Crippen molar-refractivity contribution in [1.29, 1.82) is 0 Å². The monoisotopic (exact) mass is 287 g/mol. The van der Waals surface area contributed by atoms with Gasteiger partial charge in [-0.1, -0.05) is 11.5 Å². The summed E-state index contributed by atoms with van der Waals surface area (Å²) in [4.78, 5) is 18.7. The highest BCUT2D eigenvalue weighted by molar-refractivity contribution is 5.37. The molecule has 2 aromatic rings. The average Bonchev–Trinajstić information content (AvgIpc) is 3.01. The van der Waals surface area contributed by atoms with E-state index >= 15 is 0 Å². The Morgan fingerprint density at radius 3 is 2.76 bits per heavy atom. The largest absolute Gasteiger partial charge is 0.408 e. The number of aromatic nitrogens is 4. The van der Waals surface area contributed by atoms with Crippen LogP contribution in [0.15, 0.2) is 9.21 Å². The lowest BCUT2D eigenvalue weighted by atomic mass is 9.85. The van der Waals surface area contributed by atoms with Crippen LogP contribution in [0.2, 0.25) is 0 Å². The number of anilines is 1. The first-order valence-corrected chi connectivity index (χ1v) is 7.27. The molecular weight excluding hydrogens is 270 g/mol. The SMILES string of the molecule is Cc1nc2c(c(=O)n1C)CN(c1nnc(C3CCC3)o1)C2. The number of hydrogen-bond acceptors (Lipinski definition) is 6. The summed E-state index contributed by atoms with van der Waals surface area (Å²) in [5.74, 6) is 1.87. The van der Waals surface area contributed by atoms with Gasteiger partial charge in [0.2, 0.25) is 5.89 Å². The van der Waals surface area contributed by atoms with Crippen molar-refractivity contribution >= 4 is 6.01 Å². The Morgan fingerprint density at radius 1 is 1.24 bits per heavy atom.